The average Bonchev–Trinajstić information content (AvgIpc) is 3.76. The first-order valence-corrected chi connectivity index (χ1v) is 22.1. The summed E-state index contributed by atoms with van der Waals surface area (Å²) in [4.78, 5) is 9.06. The predicted molar refractivity (Wildman–Crippen MR) is 237 cm³/mol. The van der Waals surface area contributed by atoms with E-state index in [0.29, 0.717) is 38.1 Å². The molecule has 4 heterocycles. The fourth-order valence-electron chi connectivity index (χ4n) is 6.66. The number of benzene rings is 5. The molecule has 0 atom stereocenters. The van der Waals surface area contributed by atoms with Gasteiger partial charge in [0.05, 0.1) is 25.8 Å². The van der Waals surface area contributed by atoms with Gasteiger partial charge in [-0.2, -0.15) is 0 Å². The minimum atomic E-state index is -3.87. The van der Waals surface area contributed by atoms with Gasteiger partial charge in [-0.3, -0.25) is 0 Å². The van der Waals surface area contributed by atoms with E-state index < -0.39 is 20.0 Å². The van der Waals surface area contributed by atoms with E-state index in [4.69, 9.17) is 23.2 Å². The zero-order valence-electron chi connectivity index (χ0n) is 31.3. The first-order chi connectivity index (χ1) is 28.6. The maximum Gasteiger partial charge on any atom is 0.269 e. The van der Waals surface area contributed by atoms with Crippen molar-refractivity contribution < 1.29 is 16.8 Å². The van der Waals surface area contributed by atoms with Gasteiger partial charge >= 0.3 is 0 Å². The lowest BCUT2D eigenvalue weighted by molar-refractivity contribution is 0.588. The number of nitrogens with zero attached hydrogens (tertiary/aromatic N) is 4. The number of hydrogen-bond donors (Lipinski definition) is 0. The molecule has 0 aliphatic rings. The highest BCUT2D eigenvalue weighted by molar-refractivity contribution is 7.90. The molecule has 0 radical (unpaired) electrons. The van der Waals surface area contributed by atoms with Gasteiger partial charge in [-0.05, 0) is 97.4 Å². The van der Waals surface area contributed by atoms with E-state index in [0.717, 1.165) is 40.3 Å². The lowest BCUT2D eigenvalue weighted by Crippen LogP contribution is -2.13. The molecule has 0 unspecified atom stereocenters. The van der Waals surface area contributed by atoms with Crippen LogP contribution in [0.5, 0.6) is 0 Å². The van der Waals surface area contributed by atoms with Crippen LogP contribution in [0.2, 0.25) is 10.2 Å². The van der Waals surface area contributed by atoms with E-state index in [1.54, 1.807) is 91.0 Å². The third-order valence-electron chi connectivity index (χ3n) is 9.37. The van der Waals surface area contributed by atoms with Gasteiger partial charge in [-0.1, -0.05) is 108 Å². The van der Waals surface area contributed by atoms with Crippen LogP contribution in [0.4, 0.5) is 0 Å². The Labute approximate surface area is 351 Å². The van der Waals surface area contributed by atoms with Crippen LogP contribution in [-0.2, 0) is 20.0 Å². The van der Waals surface area contributed by atoms with E-state index in [2.05, 4.69) is 40.6 Å². The van der Waals surface area contributed by atoms with E-state index in [1.807, 2.05) is 54.6 Å². The average molecular weight is 852 g/mol. The van der Waals surface area contributed by atoms with Gasteiger partial charge in [0, 0.05) is 50.9 Å². The lowest BCUT2D eigenvalue weighted by Gasteiger charge is -2.08. The maximum absolute atomic E-state index is 13.5. The van der Waals surface area contributed by atoms with E-state index in [1.165, 1.54) is 14.1 Å². The van der Waals surface area contributed by atoms with Gasteiger partial charge in [0.25, 0.3) is 20.0 Å². The molecule has 9 rings (SSSR count). The summed E-state index contributed by atoms with van der Waals surface area (Å²) in [7, 11) is -7.69. The van der Waals surface area contributed by atoms with Crippen LogP contribution >= 0.6 is 23.2 Å². The van der Waals surface area contributed by atoms with Gasteiger partial charge in [0.2, 0.25) is 0 Å². The molecule has 0 N–H and O–H groups in total. The van der Waals surface area contributed by atoms with Gasteiger partial charge < -0.3 is 0 Å². The second-order valence-corrected chi connectivity index (χ2v) is 17.7. The molecular weight excluding hydrogens is 820 g/mol. The van der Waals surface area contributed by atoms with Crippen molar-refractivity contribution in [1.29, 1.82) is 0 Å². The fourth-order valence-corrected chi connectivity index (χ4v) is 9.96. The summed E-state index contributed by atoms with van der Waals surface area (Å²) in [5, 5.41) is 3.56. The Balaban J connectivity index is 0.000000165. The Hall–Kier alpha value is -6.40. The van der Waals surface area contributed by atoms with Crippen molar-refractivity contribution >= 4 is 87.1 Å². The molecule has 0 spiro atoms. The van der Waals surface area contributed by atoms with Crippen molar-refractivity contribution in [2.24, 2.45) is 0 Å². The molecule has 8 nitrogen and oxygen atoms in total. The number of halogens is 2. The topological polar surface area (TPSA) is 104 Å². The van der Waals surface area contributed by atoms with Crippen LogP contribution in [0.1, 0.15) is 36.5 Å². The highest BCUT2D eigenvalue weighted by atomic mass is 35.5. The Morgan fingerprint density at radius 2 is 1.07 bits per heavy atom. The first kappa shape index (κ1) is 39.4. The summed E-state index contributed by atoms with van der Waals surface area (Å²) < 4.78 is 56.2. The van der Waals surface area contributed by atoms with Crippen LogP contribution < -0.4 is 0 Å². The minimum Gasteiger partial charge on any atom is -0.236 e. The SMILES string of the molecule is CCCC#Cc1ccc2c(c1)c1cc(Cl)cnc1n2S(=O)(=O)c1ccccc1.O=S(=O)(c1ccccc1)n1c2ccc(C#Cc3ccccc3)cc2c2ccc(Cl)nc21. The zero-order valence-corrected chi connectivity index (χ0v) is 34.5. The molecule has 0 aliphatic carbocycles. The van der Waals surface area contributed by atoms with E-state index in [-0.39, 0.29) is 14.9 Å². The van der Waals surface area contributed by atoms with E-state index in [9.17, 15) is 16.8 Å². The Kier molecular flexibility index (Phi) is 11.0. The molecule has 0 amide bonds. The molecule has 12 heteroatoms. The highest BCUT2D eigenvalue weighted by Crippen LogP contribution is 2.35. The third-order valence-corrected chi connectivity index (χ3v) is 13.2. The summed E-state index contributed by atoms with van der Waals surface area (Å²) in [5.74, 6) is 12.5. The summed E-state index contributed by atoms with van der Waals surface area (Å²) in [6.07, 6.45) is 3.26. The maximum atomic E-state index is 13.5. The summed E-state index contributed by atoms with van der Waals surface area (Å²) >= 11 is 12.3. The molecule has 0 saturated heterocycles. The van der Waals surface area contributed by atoms with Crippen molar-refractivity contribution in [3.8, 4) is 23.7 Å². The molecule has 0 fully saturated rings. The molecule has 4 aromatic heterocycles. The highest BCUT2D eigenvalue weighted by Gasteiger charge is 2.26. The lowest BCUT2D eigenvalue weighted by atomic mass is 10.1. The standard InChI is InChI=1S/C25H15ClN2O2S.C22H17ClN2O2S/c26-24-16-14-21-22-17-19(12-11-18-7-3-1-4-8-18)13-15-23(22)28(25(21)27-24)31(29,30)20-9-5-2-6-10-20;1-2-3-5-8-16-11-12-21-19(13-16)20-14-17(23)15-24-22(20)25(21)28(26,27)18-9-6-4-7-10-18/h1-10,13-17H;4,6-7,9-15H,2-3H2,1H3. The van der Waals surface area contributed by atoms with Crippen LogP contribution in [-0.4, -0.2) is 34.7 Å². The minimum absolute atomic E-state index is 0.184. The van der Waals surface area contributed by atoms with Crippen LogP contribution in [0.25, 0.3) is 43.9 Å². The number of rotatable bonds is 5. The molecule has 0 saturated carbocycles. The number of fused-ring (bicyclic) bond motifs is 6. The second kappa shape index (κ2) is 16.5. The third kappa shape index (κ3) is 7.80. The number of unbranched alkanes of at least 4 members (excludes halogenated alkanes) is 1. The first-order valence-electron chi connectivity index (χ1n) is 18.4. The smallest absolute Gasteiger partial charge is 0.236 e. The molecule has 290 valence electrons. The van der Waals surface area contributed by atoms with Crippen molar-refractivity contribution in [2.75, 3.05) is 0 Å². The Morgan fingerprint density at radius 3 is 1.66 bits per heavy atom. The Morgan fingerprint density at radius 1 is 0.542 bits per heavy atom. The van der Waals surface area contributed by atoms with Crippen LogP contribution in [0.3, 0.4) is 0 Å². The number of aromatic nitrogens is 4. The van der Waals surface area contributed by atoms with Gasteiger partial charge in [-0.25, -0.2) is 34.7 Å². The zero-order chi connectivity index (χ0) is 41.1. The monoisotopic (exact) mass is 850 g/mol. The molecule has 9 aromatic rings. The summed E-state index contributed by atoms with van der Waals surface area (Å²) in [6, 6.07) is 42.5. The quantitative estimate of drug-likeness (QED) is 0.126. The fraction of sp³-hybridized carbons (Fsp3) is 0.0638. The van der Waals surface area contributed by atoms with Crippen molar-refractivity contribution in [3.63, 3.8) is 0 Å². The van der Waals surface area contributed by atoms with Crippen molar-refractivity contribution in [1.82, 2.24) is 17.9 Å². The van der Waals surface area contributed by atoms with E-state index >= 15 is 0 Å². The van der Waals surface area contributed by atoms with Crippen LogP contribution in [0, 0.1) is 23.7 Å². The second-order valence-electron chi connectivity index (χ2n) is 13.3. The summed E-state index contributed by atoms with van der Waals surface area (Å²) in [5.41, 5.74) is 4.24. The van der Waals surface area contributed by atoms with Crippen molar-refractivity contribution in [2.45, 2.75) is 29.6 Å². The molecule has 5 aromatic carbocycles. The van der Waals surface area contributed by atoms with Gasteiger partial charge in [0.15, 0.2) is 11.3 Å². The molecular formula is C47H32Cl2N4O4S2. The Bertz CT molecular complexity index is 3400. The van der Waals surface area contributed by atoms with Crippen LogP contribution in [0.15, 0.2) is 162 Å². The molecule has 59 heavy (non-hydrogen) atoms. The van der Waals surface area contributed by atoms with Gasteiger partial charge in [-0.15, -0.1) is 0 Å². The van der Waals surface area contributed by atoms with Gasteiger partial charge in [0.1, 0.15) is 5.15 Å². The number of hydrogen-bond acceptors (Lipinski definition) is 6. The number of pyridine rings is 2. The van der Waals surface area contributed by atoms with Crippen molar-refractivity contribution in [3.05, 3.63) is 179 Å². The molecule has 0 bridgehead atoms. The summed E-state index contributed by atoms with van der Waals surface area (Å²) in [6.45, 7) is 2.08. The largest absolute Gasteiger partial charge is 0.269 e. The molecule has 0 aliphatic heterocycles. The normalized spacial score (nSPS) is 11.4. The predicted octanol–water partition coefficient (Wildman–Crippen LogP) is 10.7.